The molecular weight excluding hydrogens is 252 g/mol. The minimum Gasteiger partial charge on any atom is -0.392 e. The van der Waals surface area contributed by atoms with Gasteiger partial charge in [0.2, 0.25) is 0 Å². The van der Waals surface area contributed by atoms with Crippen LogP contribution in [0.4, 0.5) is 0 Å². The molecule has 1 N–H and O–H groups in total. The summed E-state index contributed by atoms with van der Waals surface area (Å²) in [6.45, 7) is 4.51. The quantitative estimate of drug-likeness (QED) is 0.919. The van der Waals surface area contributed by atoms with Gasteiger partial charge in [-0.1, -0.05) is 25.1 Å². The highest BCUT2D eigenvalue weighted by molar-refractivity contribution is 5.29. The van der Waals surface area contributed by atoms with Gasteiger partial charge < -0.3 is 5.11 Å². The largest absolute Gasteiger partial charge is 0.392 e. The van der Waals surface area contributed by atoms with Gasteiger partial charge >= 0.3 is 0 Å². The minimum atomic E-state index is -0.236. The predicted molar refractivity (Wildman–Crippen MR) is 76.4 cm³/mol. The lowest BCUT2D eigenvalue weighted by Gasteiger charge is -2.33. The van der Waals surface area contributed by atoms with Gasteiger partial charge in [0.15, 0.2) is 5.82 Å². The van der Waals surface area contributed by atoms with E-state index in [9.17, 15) is 5.11 Å². The number of likely N-dealkylation sites (tertiary alicyclic amines) is 1. The summed E-state index contributed by atoms with van der Waals surface area (Å²) in [5, 5.41) is 14.4. The molecule has 1 fully saturated rings. The minimum absolute atomic E-state index is 0.236. The summed E-state index contributed by atoms with van der Waals surface area (Å²) < 4.78 is 1.79. The highest BCUT2D eigenvalue weighted by Gasteiger charge is 2.24. The van der Waals surface area contributed by atoms with Crippen LogP contribution >= 0.6 is 0 Å². The Morgan fingerprint density at radius 3 is 2.85 bits per heavy atom. The zero-order valence-corrected chi connectivity index (χ0v) is 11.7. The lowest BCUT2D eigenvalue weighted by molar-refractivity contribution is 0.0249. The molecule has 20 heavy (non-hydrogen) atoms. The molecule has 106 valence electrons. The van der Waals surface area contributed by atoms with Crippen LogP contribution in [0.3, 0.4) is 0 Å². The maximum atomic E-state index is 9.92. The molecule has 2 unspecified atom stereocenters. The molecule has 2 aromatic rings. The van der Waals surface area contributed by atoms with E-state index in [0.29, 0.717) is 19.0 Å². The van der Waals surface area contributed by atoms with E-state index >= 15 is 0 Å². The number of aromatic nitrogens is 3. The van der Waals surface area contributed by atoms with Crippen LogP contribution in [0.2, 0.25) is 0 Å². The van der Waals surface area contributed by atoms with Crippen molar-refractivity contribution in [3.63, 3.8) is 0 Å². The second kappa shape index (κ2) is 5.73. The van der Waals surface area contributed by atoms with Gasteiger partial charge in [0.1, 0.15) is 6.33 Å². The van der Waals surface area contributed by atoms with Crippen LogP contribution in [0.15, 0.2) is 36.7 Å². The first-order valence-corrected chi connectivity index (χ1v) is 7.09. The third-order valence-corrected chi connectivity index (χ3v) is 3.93. The van der Waals surface area contributed by atoms with E-state index in [1.165, 1.54) is 0 Å². The molecular formula is C15H20N4O. The maximum absolute atomic E-state index is 9.92. The number of β-amino-alcohol motifs (C(OH)–C–C–N with tert-alkyl or cyclic N) is 1. The zero-order chi connectivity index (χ0) is 13.9. The number of rotatable bonds is 3. The Hall–Kier alpha value is -1.72. The maximum Gasteiger partial charge on any atom is 0.164 e. The molecule has 0 bridgehead atoms. The van der Waals surface area contributed by atoms with Crippen molar-refractivity contribution in [3.8, 4) is 5.69 Å². The summed E-state index contributed by atoms with van der Waals surface area (Å²) in [6.07, 6.45) is 2.54. The molecule has 1 saturated heterocycles. The average Bonchev–Trinajstić information content (AvgIpc) is 2.92. The summed E-state index contributed by atoms with van der Waals surface area (Å²) >= 11 is 0. The van der Waals surface area contributed by atoms with Crippen molar-refractivity contribution in [1.82, 2.24) is 19.7 Å². The van der Waals surface area contributed by atoms with Crippen LogP contribution in [0, 0.1) is 5.92 Å². The van der Waals surface area contributed by atoms with E-state index in [4.69, 9.17) is 0 Å². The molecule has 0 amide bonds. The van der Waals surface area contributed by atoms with Gasteiger partial charge in [0, 0.05) is 6.54 Å². The fourth-order valence-corrected chi connectivity index (χ4v) is 2.53. The van der Waals surface area contributed by atoms with Crippen molar-refractivity contribution in [1.29, 1.82) is 0 Å². The molecule has 3 rings (SSSR count). The second-order valence-electron chi connectivity index (χ2n) is 5.51. The summed E-state index contributed by atoms with van der Waals surface area (Å²) in [4.78, 5) is 6.58. The van der Waals surface area contributed by atoms with E-state index in [1.807, 2.05) is 30.3 Å². The van der Waals surface area contributed by atoms with Gasteiger partial charge in [-0.15, -0.1) is 5.10 Å². The second-order valence-corrected chi connectivity index (χ2v) is 5.51. The van der Waals surface area contributed by atoms with Crippen LogP contribution < -0.4 is 0 Å². The van der Waals surface area contributed by atoms with Crippen LogP contribution in [-0.2, 0) is 6.54 Å². The fraction of sp³-hybridized carbons (Fsp3) is 0.467. The number of benzene rings is 1. The van der Waals surface area contributed by atoms with Gasteiger partial charge in [-0.25, -0.2) is 9.67 Å². The van der Waals surface area contributed by atoms with E-state index in [0.717, 1.165) is 24.5 Å². The van der Waals surface area contributed by atoms with Gasteiger partial charge in [0.05, 0.1) is 18.3 Å². The number of aliphatic hydroxyl groups excluding tert-OH is 1. The Morgan fingerprint density at radius 1 is 1.30 bits per heavy atom. The topological polar surface area (TPSA) is 54.2 Å². The molecule has 0 spiro atoms. The van der Waals surface area contributed by atoms with Crippen molar-refractivity contribution in [2.24, 2.45) is 5.92 Å². The number of nitrogens with zero attached hydrogens (tertiary/aromatic N) is 4. The smallest absolute Gasteiger partial charge is 0.164 e. The average molecular weight is 272 g/mol. The summed E-state index contributed by atoms with van der Waals surface area (Å²) in [6, 6.07) is 9.96. The molecule has 5 nitrogen and oxygen atoms in total. The molecule has 1 aliphatic heterocycles. The number of piperidine rings is 1. The van der Waals surface area contributed by atoms with E-state index in [2.05, 4.69) is 21.9 Å². The van der Waals surface area contributed by atoms with Crippen LogP contribution in [0.25, 0.3) is 5.69 Å². The van der Waals surface area contributed by atoms with E-state index < -0.39 is 0 Å². The Morgan fingerprint density at radius 2 is 2.10 bits per heavy atom. The molecule has 2 heterocycles. The van der Waals surface area contributed by atoms with Gasteiger partial charge in [-0.05, 0) is 31.0 Å². The van der Waals surface area contributed by atoms with Crippen molar-refractivity contribution in [3.05, 3.63) is 42.5 Å². The third-order valence-electron chi connectivity index (χ3n) is 3.93. The first kappa shape index (κ1) is 13.3. The molecule has 1 aliphatic rings. The lowest BCUT2D eigenvalue weighted by Crippen LogP contribution is -2.42. The van der Waals surface area contributed by atoms with Crippen LogP contribution in [-0.4, -0.2) is 44.0 Å². The Bertz CT molecular complexity index is 554. The van der Waals surface area contributed by atoms with Crippen LogP contribution in [0.5, 0.6) is 0 Å². The number of hydrogen-bond acceptors (Lipinski definition) is 4. The van der Waals surface area contributed by atoms with Gasteiger partial charge in [-0.3, -0.25) is 4.90 Å². The molecule has 0 saturated carbocycles. The normalized spacial score (nSPS) is 23.9. The van der Waals surface area contributed by atoms with Crippen molar-refractivity contribution >= 4 is 0 Å². The monoisotopic (exact) mass is 272 g/mol. The number of hydrogen-bond donors (Lipinski definition) is 1. The van der Waals surface area contributed by atoms with Crippen molar-refractivity contribution in [2.45, 2.75) is 26.0 Å². The zero-order valence-electron chi connectivity index (χ0n) is 11.7. The number of para-hydroxylation sites is 1. The van der Waals surface area contributed by atoms with Crippen molar-refractivity contribution in [2.75, 3.05) is 13.1 Å². The van der Waals surface area contributed by atoms with Gasteiger partial charge in [0.25, 0.3) is 0 Å². The number of aliphatic hydroxyl groups is 1. The molecule has 5 heteroatoms. The van der Waals surface area contributed by atoms with Crippen molar-refractivity contribution < 1.29 is 5.11 Å². The first-order valence-electron chi connectivity index (χ1n) is 7.09. The van der Waals surface area contributed by atoms with Gasteiger partial charge in [-0.2, -0.15) is 0 Å². The molecule has 1 aromatic heterocycles. The SMILES string of the molecule is CC1CCN(Cc2ncn(-c3ccccc3)n2)CC1O. The molecule has 0 aliphatic carbocycles. The molecule has 0 radical (unpaired) electrons. The first-order chi connectivity index (χ1) is 9.72. The molecule has 2 atom stereocenters. The standard InChI is InChI=1S/C15H20N4O/c1-12-7-8-18(9-14(12)20)10-15-16-11-19(17-15)13-5-3-2-4-6-13/h2-6,11-12,14,20H,7-10H2,1H3. The fourth-order valence-electron chi connectivity index (χ4n) is 2.53. The summed E-state index contributed by atoms with van der Waals surface area (Å²) in [7, 11) is 0. The summed E-state index contributed by atoms with van der Waals surface area (Å²) in [5.74, 6) is 1.19. The third kappa shape index (κ3) is 2.89. The van der Waals surface area contributed by atoms with Crippen LogP contribution in [0.1, 0.15) is 19.2 Å². The Labute approximate surface area is 118 Å². The Kier molecular flexibility index (Phi) is 3.80. The Balaban J connectivity index is 1.66. The lowest BCUT2D eigenvalue weighted by atomic mass is 9.96. The summed E-state index contributed by atoms with van der Waals surface area (Å²) in [5.41, 5.74) is 1.01. The van der Waals surface area contributed by atoms with E-state index in [1.54, 1.807) is 11.0 Å². The molecule has 1 aromatic carbocycles. The highest BCUT2D eigenvalue weighted by Crippen LogP contribution is 2.18. The van der Waals surface area contributed by atoms with E-state index in [-0.39, 0.29) is 6.10 Å². The highest BCUT2D eigenvalue weighted by atomic mass is 16.3. The predicted octanol–water partition coefficient (Wildman–Crippen LogP) is 1.47.